The highest BCUT2D eigenvalue weighted by atomic mass is 16.3. The summed E-state index contributed by atoms with van der Waals surface area (Å²) in [4.78, 5) is 18.9. The Labute approximate surface area is 141 Å². The molecule has 0 saturated carbocycles. The molecule has 0 unspecified atom stereocenters. The Morgan fingerprint density at radius 1 is 1.17 bits per heavy atom. The van der Waals surface area contributed by atoms with E-state index in [2.05, 4.69) is 29.2 Å². The van der Waals surface area contributed by atoms with Crippen LogP contribution in [0.1, 0.15) is 40.4 Å². The highest BCUT2D eigenvalue weighted by Crippen LogP contribution is 2.32. The number of aryl methyl sites for hydroxylation is 1. The van der Waals surface area contributed by atoms with Gasteiger partial charge in [-0.25, -0.2) is 0 Å². The molecule has 4 rings (SSSR count). The SMILES string of the molecule is Cc1ccoc1C(=O)N1CCC(c2ccnc3ccccc23)CC1. The second-order valence-electron chi connectivity index (χ2n) is 6.42. The maximum Gasteiger partial charge on any atom is 0.289 e. The quantitative estimate of drug-likeness (QED) is 0.712. The maximum absolute atomic E-state index is 12.6. The number of hydrogen-bond acceptors (Lipinski definition) is 3. The van der Waals surface area contributed by atoms with Crippen molar-refractivity contribution in [2.75, 3.05) is 13.1 Å². The third-order valence-corrected chi connectivity index (χ3v) is 4.96. The molecule has 1 aliphatic heterocycles. The summed E-state index contributed by atoms with van der Waals surface area (Å²) in [5.74, 6) is 0.956. The molecule has 0 atom stereocenters. The van der Waals surface area contributed by atoms with Crippen LogP contribution in [0.3, 0.4) is 0 Å². The molecule has 0 N–H and O–H groups in total. The van der Waals surface area contributed by atoms with E-state index in [-0.39, 0.29) is 5.91 Å². The minimum atomic E-state index is 0.00976. The van der Waals surface area contributed by atoms with E-state index in [1.807, 2.05) is 30.2 Å². The van der Waals surface area contributed by atoms with Gasteiger partial charge in [0.25, 0.3) is 5.91 Å². The minimum Gasteiger partial charge on any atom is -0.459 e. The first-order valence-corrected chi connectivity index (χ1v) is 8.41. The monoisotopic (exact) mass is 320 g/mol. The van der Waals surface area contributed by atoms with E-state index in [0.717, 1.165) is 37.0 Å². The number of furan rings is 1. The number of amides is 1. The zero-order valence-electron chi connectivity index (χ0n) is 13.7. The van der Waals surface area contributed by atoms with Crippen LogP contribution in [0.15, 0.2) is 53.3 Å². The lowest BCUT2D eigenvalue weighted by Crippen LogP contribution is -2.38. The molecule has 4 heteroatoms. The smallest absolute Gasteiger partial charge is 0.289 e. The third-order valence-electron chi connectivity index (χ3n) is 4.96. The number of nitrogens with zero attached hydrogens (tertiary/aromatic N) is 2. The Kier molecular flexibility index (Phi) is 3.81. The summed E-state index contributed by atoms with van der Waals surface area (Å²) in [6.07, 6.45) is 5.42. The number of rotatable bonds is 2. The standard InChI is InChI=1S/C20H20N2O2/c1-14-9-13-24-19(14)20(23)22-11-7-15(8-12-22)16-6-10-21-18-5-3-2-4-17(16)18/h2-6,9-10,13,15H,7-8,11-12H2,1H3. The molecule has 1 amide bonds. The molecular weight excluding hydrogens is 300 g/mol. The van der Waals surface area contributed by atoms with Crippen LogP contribution in [-0.2, 0) is 0 Å². The van der Waals surface area contributed by atoms with Gasteiger partial charge in [-0.1, -0.05) is 18.2 Å². The van der Waals surface area contributed by atoms with E-state index in [9.17, 15) is 4.79 Å². The molecule has 1 aliphatic rings. The van der Waals surface area contributed by atoms with Crippen molar-refractivity contribution in [1.29, 1.82) is 0 Å². The molecule has 1 fully saturated rings. The first-order valence-electron chi connectivity index (χ1n) is 8.41. The number of benzene rings is 1. The van der Waals surface area contributed by atoms with E-state index in [1.54, 1.807) is 6.26 Å². The molecule has 0 aliphatic carbocycles. The zero-order chi connectivity index (χ0) is 16.5. The summed E-state index contributed by atoms with van der Waals surface area (Å²) < 4.78 is 5.35. The lowest BCUT2D eigenvalue weighted by atomic mass is 9.87. The highest BCUT2D eigenvalue weighted by Gasteiger charge is 2.27. The lowest BCUT2D eigenvalue weighted by molar-refractivity contribution is 0.0680. The summed E-state index contributed by atoms with van der Waals surface area (Å²) in [5, 5.41) is 1.23. The van der Waals surface area contributed by atoms with Gasteiger partial charge in [-0.2, -0.15) is 0 Å². The topological polar surface area (TPSA) is 46.3 Å². The zero-order valence-corrected chi connectivity index (χ0v) is 13.7. The van der Waals surface area contributed by atoms with Gasteiger partial charge in [0.1, 0.15) is 0 Å². The van der Waals surface area contributed by atoms with Crippen molar-refractivity contribution in [3.63, 3.8) is 0 Å². The average Bonchev–Trinajstić information content (AvgIpc) is 3.07. The Morgan fingerprint density at radius 3 is 2.71 bits per heavy atom. The summed E-state index contributed by atoms with van der Waals surface area (Å²) in [5.41, 5.74) is 3.30. The number of carbonyl (C=O) groups excluding carboxylic acids is 1. The van der Waals surface area contributed by atoms with Gasteiger partial charge in [0.2, 0.25) is 0 Å². The van der Waals surface area contributed by atoms with E-state index >= 15 is 0 Å². The number of fused-ring (bicyclic) bond motifs is 1. The van der Waals surface area contributed by atoms with Crippen LogP contribution in [0.25, 0.3) is 10.9 Å². The molecule has 0 bridgehead atoms. The fourth-order valence-corrected chi connectivity index (χ4v) is 3.60. The number of pyridine rings is 1. The fraction of sp³-hybridized carbons (Fsp3) is 0.300. The van der Waals surface area contributed by atoms with Crippen LogP contribution in [0.2, 0.25) is 0 Å². The molecule has 1 saturated heterocycles. The van der Waals surface area contributed by atoms with Crippen molar-refractivity contribution < 1.29 is 9.21 Å². The fourth-order valence-electron chi connectivity index (χ4n) is 3.60. The number of piperidine rings is 1. The maximum atomic E-state index is 12.6. The van der Waals surface area contributed by atoms with Crippen LogP contribution in [-0.4, -0.2) is 28.9 Å². The molecule has 0 radical (unpaired) electrons. The number of para-hydroxylation sites is 1. The number of likely N-dealkylation sites (tertiary alicyclic amines) is 1. The molecular formula is C20H20N2O2. The predicted molar refractivity (Wildman–Crippen MR) is 93.1 cm³/mol. The first-order chi connectivity index (χ1) is 11.7. The summed E-state index contributed by atoms with van der Waals surface area (Å²) in [6, 6.07) is 12.2. The van der Waals surface area contributed by atoms with E-state index in [1.165, 1.54) is 10.9 Å². The van der Waals surface area contributed by atoms with Crippen molar-refractivity contribution >= 4 is 16.8 Å². The molecule has 2 aromatic heterocycles. The van der Waals surface area contributed by atoms with E-state index in [0.29, 0.717) is 11.7 Å². The van der Waals surface area contributed by atoms with Crippen molar-refractivity contribution in [1.82, 2.24) is 9.88 Å². The van der Waals surface area contributed by atoms with Crippen molar-refractivity contribution in [2.45, 2.75) is 25.7 Å². The van der Waals surface area contributed by atoms with Gasteiger partial charge in [-0.15, -0.1) is 0 Å². The van der Waals surface area contributed by atoms with Gasteiger partial charge < -0.3 is 9.32 Å². The van der Waals surface area contributed by atoms with Gasteiger partial charge >= 0.3 is 0 Å². The second-order valence-corrected chi connectivity index (χ2v) is 6.42. The second kappa shape index (κ2) is 6.11. The minimum absolute atomic E-state index is 0.00976. The number of hydrogen-bond donors (Lipinski definition) is 0. The molecule has 0 spiro atoms. The molecule has 4 nitrogen and oxygen atoms in total. The Morgan fingerprint density at radius 2 is 1.96 bits per heavy atom. The number of aromatic nitrogens is 1. The summed E-state index contributed by atoms with van der Waals surface area (Å²) in [6.45, 7) is 3.44. The molecule has 3 aromatic rings. The molecule has 1 aromatic carbocycles. The van der Waals surface area contributed by atoms with E-state index in [4.69, 9.17) is 4.42 Å². The van der Waals surface area contributed by atoms with Crippen LogP contribution in [0.4, 0.5) is 0 Å². The Balaban J connectivity index is 1.52. The van der Waals surface area contributed by atoms with Gasteiger partial charge in [0.15, 0.2) is 5.76 Å². The molecule has 24 heavy (non-hydrogen) atoms. The van der Waals surface area contributed by atoms with Crippen molar-refractivity contribution in [2.24, 2.45) is 0 Å². The van der Waals surface area contributed by atoms with Gasteiger partial charge in [0.05, 0.1) is 11.8 Å². The first kappa shape index (κ1) is 14.9. The van der Waals surface area contributed by atoms with Crippen molar-refractivity contribution in [3.8, 4) is 0 Å². The predicted octanol–water partition coefficient (Wildman–Crippen LogP) is 4.16. The van der Waals surface area contributed by atoms with Crippen LogP contribution in [0, 0.1) is 6.92 Å². The van der Waals surface area contributed by atoms with Crippen LogP contribution in [0.5, 0.6) is 0 Å². The molecule has 122 valence electrons. The van der Waals surface area contributed by atoms with Gasteiger partial charge in [0, 0.05) is 30.2 Å². The number of carbonyl (C=O) groups is 1. The third kappa shape index (κ3) is 2.58. The van der Waals surface area contributed by atoms with E-state index < -0.39 is 0 Å². The normalized spacial score (nSPS) is 15.8. The summed E-state index contributed by atoms with van der Waals surface area (Å²) >= 11 is 0. The van der Waals surface area contributed by atoms with Crippen molar-refractivity contribution in [3.05, 3.63) is 65.7 Å². The summed E-state index contributed by atoms with van der Waals surface area (Å²) in [7, 11) is 0. The Bertz CT molecular complexity index is 871. The van der Waals surface area contributed by atoms with Gasteiger partial charge in [-0.3, -0.25) is 9.78 Å². The Hall–Kier alpha value is -2.62. The lowest BCUT2D eigenvalue weighted by Gasteiger charge is -2.32. The van der Waals surface area contributed by atoms with Crippen LogP contribution >= 0.6 is 0 Å². The highest BCUT2D eigenvalue weighted by molar-refractivity contribution is 5.93. The largest absolute Gasteiger partial charge is 0.459 e. The average molecular weight is 320 g/mol. The molecule has 3 heterocycles. The van der Waals surface area contributed by atoms with Crippen LogP contribution < -0.4 is 0 Å². The van der Waals surface area contributed by atoms with Gasteiger partial charge in [-0.05, 0) is 49.4 Å².